The third-order valence-electron chi connectivity index (χ3n) is 4.99. The number of hydrogen-bond acceptors (Lipinski definition) is 6. The number of nitrogens with zero attached hydrogens (tertiary/aromatic N) is 3. The van der Waals surface area contributed by atoms with Gasteiger partial charge in [-0.25, -0.2) is 17.9 Å². The van der Waals surface area contributed by atoms with Crippen molar-refractivity contribution in [2.75, 3.05) is 20.1 Å². The summed E-state index contributed by atoms with van der Waals surface area (Å²) in [5, 5.41) is 10.8. The molecule has 3 aromatic rings. The number of fused-ring (bicyclic) bond motifs is 1. The lowest BCUT2D eigenvalue weighted by molar-refractivity contribution is -0.114. The highest BCUT2D eigenvalue weighted by molar-refractivity contribution is 7.91. The number of aliphatic hydroxyl groups is 1. The van der Waals surface area contributed by atoms with Crippen molar-refractivity contribution in [2.45, 2.75) is 44.6 Å². The number of piperidine rings is 1. The van der Waals surface area contributed by atoms with E-state index in [-0.39, 0.29) is 11.9 Å². The van der Waals surface area contributed by atoms with Gasteiger partial charge in [0.15, 0.2) is 0 Å². The lowest BCUT2D eigenvalue weighted by atomic mass is 10.1. The van der Waals surface area contributed by atoms with Gasteiger partial charge in [-0.3, -0.25) is 0 Å². The van der Waals surface area contributed by atoms with Gasteiger partial charge in [-0.1, -0.05) is 18.2 Å². The number of aromatic nitrogens is 1. The summed E-state index contributed by atoms with van der Waals surface area (Å²) in [5.74, 6) is 0.167. The highest BCUT2D eigenvalue weighted by Gasteiger charge is 2.27. The predicted octanol–water partition coefficient (Wildman–Crippen LogP) is 4.70. The SMILES string of the molecule is CC(C)=O.CN=S(=O)(c1cccc(-c2ccc3nc(C)sc3c2)c1)N1CCC(O)CC1. The van der Waals surface area contributed by atoms with Gasteiger partial charge in [0, 0.05) is 20.1 Å². The predicted molar refractivity (Wildman–Crippen MR) is 128 cm³/mol. The summed E-state index contributed by atoms with van der Waals surface area (Å²) in [6, 6.07) is 14.1. The Bertz CT molecular complexity index is 1180. The van der Waals surface area contributed by atoms with Crippen molar-refractivity contribution in [3.05, 3.63) is 47.5 Å². The Kier molecular flexibility index (Phi) is 7.59. The topological polar surface area (TPSA) is 82.9 Å². The minimum atomic E-state index is -2.66. The lowest BCUT2D eigenvalue weighted by Gasteiger charge is -2.31. The van der Waals surface area contributed by atoms with Gasteiger partial charge >= 0.3 is 0 Å². The molecule has 1 fully saturated rings. The van der Waals surface area contributed by atoms with E-state index in [0.717, 1.165) is 31.2 Å². The van der Waals surface area contributed by atoms with Crippen LogP contribution in [0.25, 0.3) is 21.3 Å². The maximum atomic E-state index is 13.7. The van der Waals surface area contributed by atoms with Crippen LogP contribution in [0.15, 0.2) is 51.7 Å². The van der Waals surface area contributed by atoms with Gasteiger partial charge in [-0.15, -0.1) is 11.3 Å². The standard InChI is InChI=1S/C20H23N3O2S2.C3H6O/c1-14-22-19-7-6-16(13-20(19)26-14)15-4-3-5-18(12-15)27(25,21-2)23-10-8-17(24)9-11-23;1-3(2)4/h3-7,12-13,17,24H,8-11H2,1-2H3;1-2H3. The molecule has 166 valence electrons. The summed E-state index contributed by atoms with van der Waals surface area (Å²) in [6.45, 7) is 6.25. The number of aliphatic hydroxyl groups excluding tert-OH is 1. The fourth-order valence-corrected chi connectivity index (χ4v) is 6.37. The van der Waals surface area contributed by atoms with E-state index in [0.29, 0.717) is 25.9 Å². The average molecular weight is 460 g/mol. The smallest absolute Gasteiger partial charge is 0.139 e. The molecular weight excluding hydrogens is 430 g/mol. The second-order valence-corrected chi connectivity index (χ2v) is 11.3. The number of carbonyl (C=O) groups is 1. The van der Waals surface area contributed by atoms with E-state index in [2.05, 4.69) is 21.5 Å². The Balaban J connectivity index is 0.000000628. The molecule has 4 rings (SSSR count). The zero-order valence-corrected chi connectivity index (χ0v) is 20.0. The van der Waals surface area contributed by atoms with Crippen LogP contribution in [0.2, 0.25) is 0 Å². The summed E-state index contributed by atoms with van der Waals surface area (Å²) >= 11 is 1.68. The van der Waals surface area contributed by atoms with Crippen molar-refractivity contribution >= 4 is 37.3 Å². The maximum Gasteiger partial charge on any atom is 0.139 e. The van der Waals surface area contributed by atoms with Crippen LogP contribution in [-0.4, -0.2) is 50.6 Å². The third kappa shape index (κ3) is 5.57. The summed E-state index contributed by atoms with van der Waals surface area (Å²) in [7, 11) is -1.04. The minimum Gasteiger partial charge on any atom is -0.393 e. The number of rotatable bonds is 3. The molecule has 0 spiro atoms. The highest BCUT2D eigenvalue weighted by Crippen LogP contribution is 2.31. The monoisotopic (exact) mass is 459 g/mol. The number of carbonyl (C=O) groups excluding carboxylic acids is 1. The molecule has 31 heavy (non-hydrogen) atoms. The number of benzene rings is 2. The van der Waals surface area contributed by atoms with E-state index in [1.165, 1.54) is 13.8 Å². The number of hydrogen-bond donors (Lipinski definition) is 1. The fraction of sp³-hybridized carbons (Fsp3) is 0.391. The normalized spacial score (nSPS) is 16.9. The van der Waals surface area contributed by atoms with E-state index in [1.807, 2.05) is 41.6 Å². The van der Waals surface area contributed by atoms with Crippen molar-refractivity contribution in [1.29, 1.82) is 0 Å². The van der Waals surface area contributed by atoms with Crippen LogP contribution in [0, 0.1) is 6.92 Å². The Hall–Kier alpha value is -2.13. The molecule has 0 amide bonds. The van der Waals surface area contributed by atoms with Gasteiger partial charge < -0.3 is 9.90 Å². The molecule has 8 heteroatoms. The van der Waals surface area contributed by atoms with Crippen LogP contribution < -0.4 is 0 Å². The van der Waals surface area contributed by atoms with E-state index in [1.54, 1.807) is 18.4 Å². The van der Waals surface area contributed by atoms with Crippen LogP contribution in [0.5, 0.6) is 0 Å². The van der Waals surface area contributed by atoms with Crippen molar-refractivity contribution in [1.82, 2.24) is 9.29 Å². The van der Waals surface area contributed by atoms with Gasteiger partial charge in [0.1, 0.15) is 15.7 Å². The van der Waals surface area contributed by atoms with Crippen LogP contribution in [0.4, 0.5) is 0 Å². The van der Waals surface area contributed by atoms with Gasteiger partial charge in [0.2, 0.25) is 0 Å². The number of aryl methyl sites for hydroxylation is 1. The van der Waals surface area contributed by atoms with Crippen LogP contribution in [0.1, 0.15) is 31.7 Å². The Morgan fingerprint density at radius 1 is 1.16 bits per heavy atom. The molecule has 0 bridgehead atoms. The Morgan fingerprint density at radius 3 is 2.45 bits per heavy atom. The average Bonchev–Trinajstić information content (AvgIpc) is 3.12. The van der Waals surface area contributed by atoms with Crippen LogP contribution >= 0.6 is 11.3 Å². The van der Waals surface area contributed by atoms with Gasteiger partial charge in [0.25, 0.3) is 0 Å². The zero-order valence-electron chi connectivity index (χ0n) is 18.4. The fourth-order valence-electron chi connectivity index (χ4n) is 3.52. The zero-order chi connectivity index (χ0) is 22.6. The van der Waals surface area contributed by atoms with Gasteiger partial charge in [-0.2, -0.15) is 0 Å². The van der Waals surface area contributed by atoms with E-state index < -0.39 is 9.92 Å². The molecule has 1 aliphatic heterocycles. The van der Waals surface area contributed by atoms with Gasteiger partial charge in [-0.05, 0) is 69.0 Å². The largest absolute Gasteiger partial charge is 0.393 e. The molecule has 1 saturated heterocycles. The summed E-state index contributed by atoms with van der Waals surface area (Å²) in [6.07, 6.45) is 0.962. The molecule has 0 aliphatic carbocycles. The van der Waals surface area contributed by atoms with E-state index >= 15 is 0 Å². The molecule has 1 N–H and O–H groups in total. The third-order valence-corrected chi connectivity index (χ3v) is 8.35. The molecule has 1 aliphatic rings. The van der Waals surface area contributed by atoms with Crippen molar-refractivity contribution < 1.29 is 14.1 Å². The second kappa shape index (κ2) is 9.99. The first-order valence-electron chi connectivity index (χ1n) is 10.3. The quantitative estimate of drug-likeness (QED) is 0.616. The number of thiazole rings is 1. The van der Waals surface area contributed by atoms with E-state index in [9.17, 15) is 14.1 Å². The maximum absolute atomic E-state index is 13.7. The van der Waals surface area contributed by atoms with Crippen molar-refractivity contribution in [2.24, 2.45) is 4.36 Å². The molecule has 1 unspecified atom stereocenters. The van der Waals surface area contributed by atoms with Crippen molar-refractivity contribution in [3.63, 3.8) is 0 Å². The molecule has 0 saturated carbocycles. The highest BCUT2D eigenvalue weighted by atomic mass is 32.2. The second-order valence-electron chi connectivity index (χ2n) is 7.69. The van der Waals surface area contributed by atoms with Gasteiger partial charge in [0.05, 0.1) is 26.2 Å². The first-order chi connectivity index (χ1) is 14.7. The molecule has 2 aromatic carbocycles. The molecule has 0 radical (unpaired) electrons. The van der Waals surface area contributed by atoms with E-state index in [4.69, 9.17) is 0 Å². The Morgan fingerprint density at radius 2 is 1.81 bits per heavy atom. The number of Topliss-reactive ketones (excluding diaryl/α,β-unsaturated/α-hetero) is 1. The minimum absolute atomic E-state index is 0.167. The first-order valence-corrected chi connectivity index (χ1v) is 12.5. The first kappa shape index (κ1) is 23.5. The molecular formula is C23H29N3O3S2. The number of ketones is 1. The molecule has 1 atom stereocenters. The van der Waals surface area contributed by atoms with Crippen LogP contribution in [-0.2, 0) is 14.7 Å². The lowest BCUT2D eigenvalue weighted by Crippen LogP contribution is -2.39. The molecule has 6 nitrogen and oxygen atoms in total. The van der Waals surface area contributed by atoms with Crippen LogP contribution in [0.3, 0.4) is 0 Å². The summed E-state index contributed by atoms with van der Waals surface area (Å²) < 4.78 is 21.0. The summed E-state index contributed by atoms with van der Waals surface area (Å²) in [5.41, 5.74) is 3.12. The molecule has 1 aromatic heterocycles. The Labute approximate surface area is 188 Å². The molecule has 2 heterocycles. The van der Waals surface area contributed by atoms with Crippen molar-refractivity contribution in [3.8, 4) is 11.1 Å². The summed E-state index contributed by atoms with van der Waals surface area (Å²) in [4.78, 5) is 14.7.